The standard InChI is InChI=1S/C22H20ClNO4S/c1-26-17-9-8-14(20(27-2)21(17)28-3)15-10-18(25)24-19-16(11-29-22(15)19)12-4-6-13(23)7-5-12/h4-9,11,15H,10H2,1-3H3,(H,24,25). The molecule has 1 aliphatic heterocycles. The molecule has 0 saturated heterocycles. The predicted molar refractivity (Wildman–Crippen MR) is 116 cm³/mol. The van der Waals surface area contributed by atoms with Gasteiger partial charge in [0.15, 0.2) is 11.5 Å². The average molecular weight is 430 g/mol. The fourth-order valence-corrected chi connectivity index (χ4v) is 5.00. The molecule has 4 rings (SSSR count). The summed E-state index contributed by atoms with van der Waals surface area (Å²) in [6, 6.07) is 11.4. The molecule has 0 radical (unpaired) electrons. The van der Waals surface area contributed by atoms with E-state index in [0.717, 1.165) is 27.3 Å². The second kappa shape index (κ2) is 7.97. The van der Waals surface area contributed by atoms with E-state index in [1.807, 2.05) is 36.4 Å². The van der Waals surface area contributed by atoms with Gasteiger partial charge in [-0.1, -0.05) is 29.8 Å². The number of benzene rings is 2. The lowest BCUT2D eigenvalue weighted by Crippen LogP contribution is -2.22. The van der Waals surface area contributed by atoms with Crippen LogP contribution < -0.4 is 19.5 Å². The first-order chi connectivity index (χ1) is 14.1. The zero-order valence-electron chi connectivity index (χ0n) is 16.2. The number of methoxy groups -OCH3 is 3. The number of fused-ring (bicyclic) bond motifs is 1. The fraction of sp³-hybridized carbons (Fsp3) is 0.227. The van der Waals surface area contributed by atoms with Crippen molar-refractivity contribution in [2.24, 2.45) is 0 Å². The minimum atomic E-state index is -0.139. The Labute approximate surface area is 178 Å². The van der Waals surface area contributed by atoms with Gasteiger partial charge in [0.1, 0.15) is 0 Å². The third kappa shape index (κ3) is 3.43. The third-order valence-electron chi connectivity index (χ3n) is 5.06. The molecule has 1 unspecified atom stereocenters. The molecule has 1 amide bonds. The van der Waals surface area contributed by atoms with E-state index in [1.54, 1.807) is 32.7 Å². The van der Waals surface area contributed by atoms with Crippen LogP contribution in [0.5, 0.6) is 17.2 Å². The van der Waals surface area contributed by atoms with Gasteiger partial charge in [0.05, 0.1) is 27.0 Å². The highest BCUT2D eigenvalue weighted by molar-refractivity contribution is 7.11. The van der Waals surface area contributed by atoms with Crippen LogP contribution in [0.3, 0.4) is 0 Å². The SMILES string of the molecule is COc1ccc(C2CC(=O)Nc3c(-c4ccc(Cl)cc4)csc32)c(OC)c1OC. The highest BCUT2D eigenvalue weighted by atomic mass is 35.5. The molecule has 3 aromatic rings. The van der Waals surface area contributed by atoms with Gasteiger partial charge in [0, 0.05) is 38.7 Å². The maximum atomic E-state index is 12.6. The zero-order chi connectivity index (χ0) is 20.5. The summed E-state index contributed by atoms with van der Waals surface area (Å²) in [5, 5.41) is 5.80. The van der Waals surface area contributed by atoms with Crippen LogP contribution in [0.2, 0.25) is 5.02 Å². The van der Waals surface area contributed by atoms with Crippen molar-refractivity contribution < 1.29 is 19.0 Å². The number of nitrogens with one attached hydrogen (secondary N) is 1. The van der Waals surface area contributed by atoms with Crippen LogP contribution in [0, 0.1) is 0 Å². The Morgan fingerprint density at radius 2 is 1.72 bits per heavy atom. The first kappa shape index (κ1) is 19.6. The smallest absolute Gasteiger partial charge is 0.225 e. The van der Waals surface area contributed by atoms with E-state index in [-0.39, 0.29) is 11.8 Å². The number of halogens is 1. The van der Waals surface area contributed by atoms with Gasteiger partial charge in [0.2, 0.25) is 11.7 Å². The number of rotatable bonds is 5. The minimum Gasteiger partial charge on any atom is -0.493 e. The summed E-state index contributed by atoms with van der Waals surface area (Å²) in [5.41, 5.74) is 3.73. The first-order valence-electron chi connectivity index (χ1n) is 9.03. The summed E-state index contributed by atoms with van der Waals surface area (Å²) >= 11 is 7.65. The first-order valence-corrected chi connectivity index (χ1v) is 10.3. The number of ether oxygens (including phenoxy) is 3. The molecular formula is C22H20ClNO4S. The van der Waals surface area contributed by atoms with Crippen LogP contribution in [0.25, 0.3) is 11.1 Å². The van der Waals surface area contributed by atoms with Crippen molar-refractivity contribution in [3.05, 3.63) is 57.2 Å². The Bertz CT molecular complexity index is 1060. The van der Waals surface area contributed by atoms with E-state index in [4.69, 9.17) is 25.8 Å². The molecule has 2 heterocycles. The Balaban J connectivity index is 1.85. The van der Waals surface area contributed by atoms with Gasteiger partial charge >= 0.3 is 0 Å². The van der Waals surface area contributed by atoms with Crippen LogP contribution >= 0.6 is 22.9 Å². The molecule has 2 aromatic carbocycles. The predicted octanol–water partition coefficient (Wildman–Crippen LogP) is 5.57. The molecule has 7 heteroatoms. The fourth-order valence-electron chi connectivity index (χ4n) is 3.72. The molecule has 0 fully saturated rings. The van der Waals surface area contributed by atoms with Crippen LogP contribution in [-0.2, 0) is 4.79 Å². The molecule has 29 heavy (non-hydrogen) atoms. The summed E-state index contributed by atoms with van der Waals surface area (Å²) in [7, 11) is 4.76. The Morgan fingerprint density at radius 3 is 2.38 bits per heavy atom. The molecule has 0 spiro atoms. The molecule has 0 aliphatic carbocycles. The normalized spacial score (nSPS) is 15.4. The number of anilines is 1. The van der Waals surface area contributed by atoms with Crippen LogP contribution in [-0.4, -0.2) is 27.2 Å². The molecule has 150 valence electrons. The molecule has 1 atom stereocenters. The van der Waals surface area contributed by atoms with E-state index in [9.17, 15) is 4.79 Å². The summed E-state index contributed by atoms with van der Waals surface area (Å²) in [6.07, 6.45) is 0.333. The second-order valence-corrected chi connectivity index (χ2v) is 7.97. The van der Waals surface area contributed by atoms with E-state index in [2.05, 4.69) is 10.7 Å². The van der Waals surface area contributed by atoms with Crippen molar-refractivity contribution in [2.45, 2.75) is 12.3 Å². The van der Waals surface area contributed by atoms with Crippen molar-refractivity contribution in [3.8, 4) is 28.4 Å². The van der Waals surface area contributed by atoms with Gasteiger partial charge in [-0.15, -0.1) is 11.3 Å². The monoisotopic (exact) mass is 429 g/mol. The topological polar surface area (TPSA) is 56.8 Å². The van der Waals surface area contributed by atoms with Crippen molar-refractivity contribution in [2.75, 3.05) is 26.6 Å². The Kier molecular flexibility index (Phi) is 5.39. The largest absolute Gasteiger partial charge is 0.493 e. The molecule has 0 saturated carbocycles. The number of hydrogen-bond acceptors (Lipinski definition) is 5. The van der Waals surface area contributed by atoms with Crippen LogP contribution in [0.15, 0.2) is 41.8 Å². The third-order valence-corrected chi connectivity index (χ3v) is 6.40. The number of amides is 1. The maximum Gasteiger partial charge on any atom is 0.225 e. The zero-order valence-corrected chi connectivity index (χ0v) is 17.8. The molecule has 1 aromatic heterocycles. The molecule has 1 N–H and O–H groups in total. The van der Waals surface area contributed by atoms with E-state index < -0.39 is 0 Å². The highest BCUT2D eigenvalue weighted by Gasteiger charge is 2.33. The summed E-state index contributed by atoms with van der Waals surface area (Å²) in [4.78, 5) is 13.7. The van der Waals surface area contributed by atoms with Crippen molar-refractivity contribution in [1.29, 1.82) is 0 Å². The van der Waals surface area contributed by atoms with E-state index in [1.165, 1.54) is 0 Å². The number of carbonyl (C=O) groups is 1. The van der Waals surface area contributed by atoms with Gasteiger partial charge in [-0.25, -0.2) is 0 Å². The number of hydrogen-bond donors (Lipinski definition) is 1. The van der Waals surface area contributed by atoms with Gasteiger partial charge in [-0.2, -0.15) is 0 Å². The van der Waals surface area contributed by atoms with Crippen molar-refractivity contribution in [3.63, 3.8) is 0 Å². The average Bonchev–Trinajstić information content (AvgIpc) is 3.16. The Morgan fingerprint density at radius 1 is 1.00 bits per heavy atom. The highest BCUT2D eigenvalue weighted by Crippen LogP contribution is 2.51. The molecular weight excluding hydrogens is 410 g/mol. The second-order valence-electron chi connectivity index (χ2n) is 6.62. The summed E-state index contributed by atoms with van der Waals surface area (Å²) in [6.45, 7) is 0. The van der Waals surface area contributed by atoms with E-state index >= 15 is 0 Å². The van der Waals surface area contributed by atoms with Crippen molar-refractivity contribution >= 4 is 34.5 Å². The quantitative estimate of drug-likeness (QED) is 0.576. The number of carbonyl (C=O) groups excluding carboxylic acids is 1. The van der Waals surface area contributed by atoms with Gasteiger partial charge in [-0.05, 0) is 23.8 Å². The van der Waals surface area contributed by atoms with Gasteiger partial charge in [0.25, 0.3) is 0 Å². The van der Waals surface area contributed by atoms with Gasteiger partial charge in [-0.3, -0.25) is 4.79 Å². The van der Waals surface area contributed by atoms with Crippen LogP contribution in [0.4, 0.5) is 5.69 Å². The summed E-state index contributed by atoms with van der Waals surface area (Å²) in [5.74, 6) is 1.52. The van der Waals surface area contributed by atoms with E-state index in [0.29, 0.717) is 28.7 Å². The molecule has 1 aliphatic rings. The Hall–Kier alpha value is -2.70. The van der Waals surface area contributed by atoms with Crippen LogP contribution in [0.1, 0.15) is 22.8 Å². The minimum absolute atomic E-state index is 0.0343. The summed E-state index contributed by atoms with van der Waals surface area (Å²) < 4.78 is 16.6. The van der Waals surface area contributed by atoms with Gasteiger partial charge < -0.3 is 19.5 Å². The number of thiophene rings is 1. The lowest BCUT2D eigenvalue weighted by molar-refractivity contribution is -0.116. The maximum absolute atomic E-state index is 12.6. The lowest BCUT2D eigenvalue weighted by Gasteiger charge is -2.26. The molecule has 0 bridgehead atoms. The molecule has 5 nitrogen and oxygen atoms in total. The van der Waals surface area contributed by atoms with Crippen molar-refractivity contribution in [1.82, 2.24) is 0 Å². The lowest BCUT2D eigenvalue weighted by atomic mass is 9.88.